The average Bonchev–Trinajstić information content (AvgIpc) is 3.07. The highest BCUT2D eigenvalue weighted by molar-refractivity contribution is 6.00. The van der Waals surface area contributed by atoms with Gasteiger partial charge in [-0.2, -0.15) is 0 Å². The number of anilines is 1. The first kappa shape index (κ1) is 17.4. The van der Waals surface area contributed by atoms with Gasteiger partial charge in [0, 0.05) is 18.1 Å². The predicted octanol–water partition coefficient (Wildman–Crippen LogP) is 2.96. The average molecular weight is 349 g/mol. The molecule has 132 valence electrons. The van der Waals surface area contributed by atoms with E-state index in [2.05, 4.69) is 15.8 Å². The van der Waals surface area contributed by atoms with Gasteiger partial charge >= 0.3 is 0 Å². The maximum atomic E-state index is 12.7. The summed E-state index contributed by atoms with van der Waals surface area (Å²) in [6.45, 7) is 1.74. The van der Waals surface area contributed by atoms with Crippen LogP contribution in [0.4, 0.5) is 5.82 Å². The molecule has 3 aromatic rings. The van der Waals surface area contributed by atoms with Crippen molar-refractivity contribution in [3.8, 4) is 0 Å². The molecule has 1 heterocycles. The lowest BCUT2D eigenvalue weighted by Gasteiger charge is -2.18. The Morgan fingerprint density at radius 3 is 2.31 bits per heavy atom. The van der Waals surface area contributed by atoms with Crippen LogP contribution in [0.15, 0.2) is 71.3 Å². The Labute approximate surface area is 151 Å². The standard InChI is InChI=1S/C20H19N3O3/c1-14-12-18(23-26-14)22-20(25)17(13-15-8-4-2-5-9-15)21-19(24)16-10-6-3-7-11-16/h2-12,17H,13H2,1H3,(H,21,24)(H,22,23,25). The zero-order valence-corrected chi connectivity index (χ0v) is 14.3. The Morgan fingerprint density at radius 1 is 1.04 bits per heavy atom. The monoisotopic (exact) mass is 349 g/mol. The van der Waals surface area contributed by atoms with E-state index in [0.717, 1.165) is 5.56 Å². The number of carbonyl (C=O) groups excluding carboxylic acids is 2. The molecule has 6 nitrogen and oxygen atoms in total. The minimum absolute atomic E-state index is 0.307. The zero-order chi connectivity index (χ0) is 18.4. The Bertz CT molecular complexity index is 876. The van der Waals surface area contributed by atoms with E-state index in [9.17, 15) is 9.59 Å². The molecule has 0 aliphatic rings. The third-order valence-electron chi connectivity index (χ3n) is 3.82. The van der Waals surface area contributed by atoms with Gasteiger partial charge in [-0.3, -0.25) is 9.59 Å². The van der Waals surface area contributed by atoms with Gasteiger partial charge < -0.3 is 15.2 Å². The van der Waals surface area contributed by atoms with E-state index in [1.165, 1.54) is 0 Å². The van der Waals surface area contributed by atoms with Crippen molar-refractivity contribution in [3.63, 3.8) is 0 Å². The molecule has 26 heavy (non-hydrogen) atoms. The number of benzene rings is 2. The first-order valence-electron chi connectivity index (χ1n) is 8.26. The Balaban J connectivity index is 1.76. The van der Waals surface area contributed by atoms with Gasteiger partial charge in [0.05, 0.1) is 0 Å². The number of aromatic nitrogens is 1. The lowest BCUT2D eigenvalue weighted by atomic mass is 10.0. The largest absolute Gasteiger partial charge is 0.360 e. The van der Waals surface area contributed by atoms with Crippen molar-refractivity contribution in [1.29, 1.82) is 0 Å². The van der Waals surface area contributed by atoms with E-state index in [-0.39, 0.29) is 11.8 Å². The molecule has 0 bridgehead atoms. The number of hydrogen-bond donors (Lipinski definition) is 2. The Kier molecular flexibility index (Phi) is 5.43. The summed E-state index contributed by atoms with van der Waals surface area (Å²) >= 11 is 0. The maximum absolute atomic E-state index is 12.7. The molecule has 2 amide bonds. The number of amides is 2. The smallest absolute Gasteiger partial charge is 0.251 e. The number of aryl methyl sites for hydroxylation is 1. The molecule has 0 saturated carbocycles. The highest BCUT2D eigenvalue weighted by Crippen LogP contribution is 2.10. The zero-order valence-electron chi connectivity index (χ0n) is 14.3. The topological polar surface area (TPSA) is 84.2 Å². The molecular formula is C20H19N3O3. The van der Waals surface area contributed by atoms with Crippen molar-refractivity contribution in [2.45, 2.75) is 19.4 Å². The molecule has 1 atom stereocenters. The predicted molar refractivity (Wildman–Crippen MR) is 97.7 cm³/mol. The molecule has 0 fully saturated rings. The molecule has 1 aromatic heterocycles. The van der Waals surface area contributed by atoms with E-state index in [1.54, 1.807) is 37.3 Å². The number of nitrogens with one attached hydrogen (secondary N) is 2. The van der Waals surface area contributed by atoms with Crippen LogP contribution >= 0.6 is 0 Å². The SMILES string of the molecule is Cc1cc(NC(=O)C(Cc2ccccc2)NC(=O)c2ccccc2)no1. The Hall–Kier alpha value is -3.41. The van der Waals surface area contributed by atoms with E-state index in [0.29, 0.717) is 23.6 Å². The molecule has 1 unspecified atom stereocenters. The highest BCUT2D eigenvalue weighted by Gasteiger charge is 2.23. The van der Waals surface area contributed by atoms with Crippen molar-refractivity contribution >= 4 is 17.6 Å². The van der Waals surface area contributed by atoms with E-state index >= 15 is 0 Å². The van der Waals surface area contributed by atoms with Gasteiger partial charge in [-0.05, 0) is 24.6 Å². The second-order valence-corrected chi connectivity index (χ2v) is 5.89. The molecule has 0 saturated heterocycles. The van der Waals surface area contributed by atoms with Crippen molar-refractivity contribution in [2.24, 2.45) is 0 Å². The fraction of sp³-hybridized carbons (Fsp3) is 0.150. The minimum atomic E-state index is -0.748. The van der Waals surface area contributed by atoms with Crippen LogP contribution in [0, 0.1) is 6.92 Å². The van der Waals surface area contributed by atoms with Gasteiger partial charge in [0.1, 0.15) is 11.8 Å². The first-order chi connectivity index (χ1) is 12.6. The highest BCUT2D eigenvalue weighted by atomic mass is 16.5. The molecule has 3 rings (SSSR count). The van der Waals surface area contributed by atoms with Crippen LogP contribution in [0.5, 0.6) is 0 Å². The van der Waals surface area contributed by atoms with E-state index in [4.69, 9.17) is 4.52 Å². The van der Waals surface area contributed by atoms with Gasteiger partial charge in [0.25, 0.3) is 5.91 Å². The summed E-state index contributed by atoms with van der Waals surface area (Å²) in [7, 11) is 0. The summed E-state index contributed by atoms with van der Waals surface area (Å²) in [5.41, 5.74) is 1.44. The maximum Gasteiger partial charge on any atom is 0.251 e. The second-order valence-electron chi connectivity index (χ2n) is 5.89. The fourth-order valence-corrected chi connectivity index (χ4v) is 2.53. The van der Waals surface area contributed by atoms with Crippen LogP contribution < -0.4 is 10.6 Å². The fourth-order valence-electron chi connectivity index (χ4n) is 2.53. The molecule has 6 heteroatoms. The van der Waals surface area contributed by atoms with Crippen LogP contribution in [0.3, 0.4) is 0 Å². The van der Waals surface area contributed by atoms with Gasteiger partial charge in [-0.25, -0.2) is 0 Å². The molecule has 0 radical (unpaired) electrons. The molecule has 0 spiro atoms. The van der Waals surface area contributed by atoms with Gasteiger partial charge in [0.15, 0.2) is 5.82 Å². The van der Waals surface area contributed by atoms with Crippen LogP contribution in [-0.2, 0) is 11.2 Å². The molecule has 0 aliphatic heterocycles. The second kappa shape index (κ2) is 8.11. The molecule has 0 aliphatic carbocycles. The summed E-state index contributed by atoms with van der Waals surface area (Å²) in [6.07, 6.45) is 0.363. The lowest BCUT2D eigenvalue weighted by Crippen LogP contribution is -2.45. The first-order valence-corrected chi connectivity index (χ1v) is 8.26. The van der Waals surface area contributed by atoms with Crippen molar-refractivity contribution in [3.05, 3.63) is 83.6 Å². The van der Waals surface area contributed by atoms with Crippen molar-refractivity contribution in [1.82, 2.24) is 10.5 Å². The lowest BCUT2D eigenvalue weighted by molar-refractivity contribution is -0.118. The van der Waals surface area contributed by atoms with Gasteiger partial charge in [-0.15, -0.1) is 0 Å². The van der Waals surface area contributed by atoms with Crippen LogP contribution in [-0.4, -0.2) is 23.0 Å². The third-order valence-corrected chi connectivity index (χ3v) is 3.82. The van der Waals surface area contributed by atoms with Crippen LogP contribution in [0.2, 0.25) is 0 Å². The van der Waals surface area contributed by atoms with Crippen LogP contribution in [0.1, 0.15) is 21.7 Å². The summed E-state index contributed by atoms with van der Waals surface area (Å²) in [6, 6.07) is 19.2. The van der Waals surface area contributed by atoms with Crippen LogP contribution in [0.25, 0.3) is 0 Å². The summed E-state index contributed by atoms with van der Waals surface area (Å²) in [5, 5.41) is 9.24. The number of nitrogens with zero attached hydrogens (tertiary/aromatic N) is 1. The van der Waals surface area contributed by atoms with Gasteiger partial charge in [-0.1, -0.05) is 53.7 Å². The van der Waals surface area contributed by atoms with E-state index < -0.39 is 6.04 Å². The van der Waals surface area contributed by atoms with Crippen molar-refractivity contribution < 1.29 is 14.1 Å². The molecular weight excluding hydrogens is 330 g/mol. The number of hydrogen-bond acceptors (Lipinski definition) is 4. The normalized spacial score (nSPS) is 11.6. The number of rotatable bonds is 6. The summed E-state index contributed by atoms with van der Waals surface area (Å²) < 4.78 is 4.96. The summed E-state index contributed by atoms with van der Waals surface area (Å²) in [5.74, 6) is 0.247. The number of carbonyl (C=O) groups is 2. The molecule has 2 aromatic carbocycles. The molecule has 2 N–H and O–H groups in total. The minimum Gasteiger partial charge on any atom is -0.360 e. The third kappa shape index (κ3) is 4.57. The Morgan fingerprint density at radius 2 is 1.69 bits per heavy atom. The summed E-state index contributed by atoms with van der Waals surface area (Å²) in [4.78, 5) is 25.2. The quantitative estimate of drug-likeness (QED) is 0.716. The van der Waals surface area contributed by atoms with Gasteiger partial charge in [0.2, 0.25) is 5.91 Å². The van der Waals surface area contributed by atoms with E-state index in [1.807, 2.05) is 36.4 Å². The van der Waals surface area contributed by atoms with Crippen molar-refractivity contribution in [2.75, 3.05) is 5.32 Å².